The fraction of sp³-hybridized carbons (Fsp3) is 0.933. The Kier molecular flexibility index (Phi) is 10.2. The topological polar surface area (TPSA) is 58.1 Å². The van der Waals surface area contributed by atoms with Gasteiger partial charge < -0.3 is 20.1 Å². The van der Waals surface area contributed by atoms with E-state index in [1.165, 1.54) is 0 Å². The highest BCUT2D eigenvalue weighted by atomic mass is 16.5. The molecule has 21 heavy (non-hydrogen) atoms. The summed E-state index contributed by atoms with van der Waals surface area (Å²) in [4.78, 5) is 6.99. The minimum absolute atomic E-state index is 0.584. The van der Waals surface area contributed by atoms with Crippen molar-refractivity contribution in [1.29, 1.82) is 0 Å². The summed E-state index contributed by atoms with van der Waals surface area (Å²) in [6.45, 7) is 15.1. The van der Waals surface area contributed by atoms with Crippen molar-refractivity contribution in [2.75, 3.05) is 65.7 Å². The summed E-state index contributed by atoms with van der Waals surface area (Å²) < 4.78 is 10.9. The minimum atomic E-state index is 0.584. The molecule has 0 atom stereocenters. The van der Waals surface area contributed by atoms with Gasteiger partial charge in [0, 0.05) is 39.3 Å². The van der Waals surface area contributed by atoms with Gasteiger partial charge in [-0.05, 0) is 12.8 Å². The van der Waals surface area contributed by atoms with Gasteiger partial charge in [0.1, 0.15) is 0 Å². The number of rotatable bonds is 9. The molecule has 1 saturated heterocycles. The van der Waals surface area contributed by atoms with Crippen molar-refractivity contribution in [2.24, 2.45) is 10.9 Å². The predicted molar refractivity (Wildman–Crippen MR) is 86.9 cm³/mol. The Bertz CT molecular complexity index is 279. The molecule has 1 heterocycles. The zero-order chi connectivity index (χ0) is 15.3. The number of aliphatic imine (C=N–C) groups is 1. The number of guanidine groups is 1. The SMILES string of the molecule is CCNC(=NCCN1CCOCC1)NCCOCC(C)C. The van der Waals surface area contributed by atoms with Crippen LogP contribution >= 0.6 is 0 Å². The van der Waals surface area contributed by atoms with Crippen LogP contribution in [0.3, 0.4) is 0 Å². The van der Waals surface area contributed by atoms with Crippen LogP contribution in [0.4, 0.5) is 0 Å². The molecule has 124 valence electrons. The molecule has 0 spiro atoms. The van der Waals surface area contributed by atoms with Crippen molar-refractivity contribution in [3.8, 4) is 0 Å². The first-order chi connectivity index (χ1) is 10.2. The van der Waals surface area contributed by atoms with E-state index >= 15 is 0 Å². The third-order valence-electron chi connectivity index (χ3n) is 3.12. The van der Waals surface area contributed by atoms with Crippen molar-refractivity contribution in [1.82, 2.24) is 15.5 Å². The van der Waals surface area contributed by atoms with E-state index in [2.05, 4.69) is 41.3 Å². The van der Waals surface area contributed by atoms with Crippen LogP contribution in [0.15, 0.2) is 4.99 Å². The quantitative estimate of drug-likeness (QED) is 0.370. The van der Waals surface area contributed by atoms with Crippen molar-refractivity contribution in [3.05, 3.63) is 0 Å². The third-order valence-corrected chi connectivity index (χ3v) is 3.12. The normalized spacial score (nSPS) is 17.2. The van der Waals surface area contributed by atoms with Gasteiger partial charge in [-0.2, -0.15) is 0 Å². The second-order valence-corrected chi connectivity index (χ2v) is 5.61. The van der Waals surface area contributed by atoms with Crippen LogP contribution in [0.2, 0.25) is 0 Å². The zero-order valence-electron chi connectivity index (χ0n) is 13.9. The van der Waals surface area contributed by atoms with Gasteiger partial charge in [-0.3, -0.25) is 9.89 Å². The highest BCUT2D eigenvalue weighted by molar-refractivity contribution is 5.79. The average Bonchev–Trinajstić information content (AvgIpc) is 2.47. The standard InChI is InChI=1S/C15H32N4O2/c1-4-16-15(18-6-10-21-13-14(2)3)17-5-7-19-8-11-20-12-9-19/h14H,4-13H2,1-3H3,(H2,16,17,18). The van der Waals surface area contributed by atoms with Crippen LogP contribution in [0, 0.1) is 5.92 Å². The van der Waals surface area contributed by atoms with Crippen molar-refractivity contribution in [3.63, 3.8) is 0 Å². The summed E-state index contributed by atoms with van der Waals surface area (Å²) in [6.07, 6.45) is 0. The summed E-state index contributed by atoms with van der Waals surface area (Å²) >= 11 is 0. The largest absolute Gasteiger partial charge is 0.379 e. The van der Waals surface area contributed by atoms with Gasteiger partial charge in [0.25, 0.3) is 0 Å². The second kappa shape index (κ2) is 11.8. The summed E-state index contributed by atoms with van der Waals surface area (Å²) in [5.41, 5.74) is 0. The molecule has 6 nitrogen and oxygen atoms in total. The smallest absolute Gasteiger partial charge is 0.191 e. The Morgan fingerprint density at radius 1 is 1.29 bits per heavy atom. The Hall–Kier alpha value is -0.850. The first-order valence-corrected chi connectivity index (χ1v) is 8.12. The molecule has 1 aliphatic heterocycles. The molecule has 0 aromatic rings. The molecule has 0 unspecified atom stereocenters. The molecule has 0 aromatic carbocycles. The van der Waals surface area contributed by atoms with Gasteiger partial charge in [-0.1, -0.05) is 13.8 Å². The van der Waals surface area contributed by atoms with E-state index in [1.807, 2.05) is 0 Å². The lowest BCUT2D eigenvalue weighted by molar-refractivity contribution is 0.0394. The van der Waals surface area contributed by atoms with E-state index in [4.69, 9.17) is 9.47 Å². The van der Waals surface area contributed by atoms with E-state index in [0.29, 0.717) is 12.5 Å². The van der Waals surface area contributed by atoms with Gasteiger partial charge in [0.15, 0.2) is 5.96 Å². The van der Waals surface area contributed by atoms with Crippen LogP contribution in [0.5, 0.6) is 0 Å². The Morgan fingerprint density at radius 2 is 2.05 bits per heavy atom. The number of ether oxygens (including phenoxy) is 2. The molecule has 0 aliphatic carbocycles. The van der Waals surface area contributed by atoms with Gasteiger partial charge in [-0.15, -0.1) is 0 Å². The number of hydrogen-bond donors (Lipinski definition) is 2. The molecule has 0 radical (unpaired) electrons. The molecular formula is C15H32N4O2. The monoisotopic (exact) mass is 300 g/mol. The highest BCUT2D eigenvalue weighted by Gasteiger charge is 2.09. The Labute approximate surface area is 129 Å². The van der Waals surface area contributed by atoms with Crippen LogP contribution in [0.25, 0.3) is 0 Å². The van der Waals surface area contributed by atoms with Gasteiger partial charge in [0.05, 0.1) is 26.4 Å². The van der Waals surface area contributed by atoms with E-state index in [0.717, 1.165) is 65.0 Å². The van der Waals surface area contributed by atoms with Gasteiger partial charge in [0.2, 0.25) is 0 Å². The Balaban J connectivity index is 2.15. The van der Waals surface area contributed by atoms with E-state index in [1.54, 1.807) is 0 Å². The number of nitrogens with zero attached hydrogens (tertiary/aromatic N) is 2. The van der Waals surface area contributed by atoms with Crippen LogP contribution < -0.4 is 10.6 Å². The lowest BCUT2D eigenvalue weighted by atomic mass is 10.2. The maximum absolute atomic E-state index is 5.56. The first kappa shape index (κ1) is 18.2. The first-order valence-electron chi connectivity index (χ1n) is 8.12. The van der Waals surface area contributed by atoms with E-state index < -0.39 is 0 Å². The molecule has 2 N–H and O–H groups in total. The van der Waals surface area contributed by atoms with Crippen molar-refractivity contribution >= 4 is 5.96 Å². The second-order valence-electron chi connectivity index (χ2n) is 5.61. The van der Waals surface area contributed by atoms with Crippen molar-refractivity contribution < 1.29 is 9.47 Å². The number of hydrogen-bond acceptors (Lipinski definition) is 4. The molecule has 0 aromatic heterocycles. The van der Waals surface area contributed by atoms with Gasteiger partial charge in [-0.25, -0.2) is 0 Å². The summed E-state index contributed by atoms with van der Waals surface area (Å²) in [5.74, 6) is 1.46. The maximum atomic E-state index is 5.56. The maximum Gasteiger partial charge on any atom is 0.191 e. The molecule has 0 bridgehead atoms. The predicted octanol–water partition coefficient (Wildman–Crippen LogP) is 0.546. The van der Waals surface area contributed by atoms with Crippen molar-refractivity contribution in [2.45, 2.75) is 20.8 Å². The summed E-state index contributed by atoms with van der Waals surface area (Å²) in [7, 11) is 0. The van der Waals surface area contributed by atoms with Gasteiger partial charge >= 0.3 is 0 Å². The van der Waals surface area contributed by atoms with E-state index in [9.17, 15) is 0 Å². The summed E-state index contributed by atoms with van der Waals surface area (Å²) in [6, 6.07) is 0. The fourth-order valence-electron chi connectivity index (χ4n) is 2.03. The summed E-state index contributed by atoms with van der Waals surface area (Å²) in [5, 5.41) is 6.56. The number of morpholine rings is 1. The molecular weight excluding hydrogens is 268 g/mol. The van der Waals surface area contributed by atoms with Crippen LogP contribution in [0.1, 0.15) is 20.8 Å². The lowest BCUT2D eigenvalue weighted by Crippen LogP contribution is -2.41. The molecule has 1 rings (SSSR count). The molecule has 0 saturated carbocycles. The molecule has 0 amide bonds. The highest BCUT2D eigenvalue weighted by Crippen LogP contribution is 1.95. The van der Waals surface area contributed by atoms with Crippen LogP contribution in [-0.4, -0.2) is 76.6 Å². The van der Waals surface area contributed by atoms with Crippen LogP contribution in [-0.2, 0) is 9.47 Å². The fourth-order valence-corrected chi connectivity index (χ4v) is 2.03. The third kappa shape index (κ3) is 9.66. The zero-order valence-corrected chi connectivity index (χ0v) is 13.9. The minimum Gasteiger partial charge on any atom is -0.379 e. The molecule has 6 heteroatoms. The number of nitrogens with one attached hydrogen (secondary N) is 2. The lowest BCUT2D eigenvalue weighted by Gasteiger charge is -2.25. The Morgan fingerprint density at radius 3 is 2.71 bits per heavy atom. The van der Waals surface area contributed by atoms with E-state index in [-0.39, 0.29) is 0 Å². The molecule has 1 aliphatic rings. The molecule has 1 fully saturated rings. The average molecular weight is 300 g/mol.